The Balaban J connectivity index is 1.45. The third-order valence-electron chi connectivity index (χ3n) is 4.18. The number of fused-ring (bicyclic) bond motifs is 1. The summed E-state index contributed by atoms with van der Waals surface area (Å²) < 4.78 is 24.8. The summed E-state index contributed by atoms with van der Waals surface area (Å²) in [7, 11) is 0. The first-order valence-corrected chi connectivity index (χ1v) is 9.88. The van der Waals surface area contributed by atoms with Gasteiger partial charge in [-0.3, -0.25) is 0 Å². The van der Waals surface area contributed by atoms with Crippen LogP contribution in [0.1, 0.15) is 0 Å². The van der Waals surface area contributed by atoms with E-state index in [-0.39, 0.29) is 19.0 Å². The lowest BCUT2D eigenvalue weighted by Gasteiger charge is -2.10. The van der Waals surface area contributed by atoms with E-state index in [4.69, 9.17) is 15.2 Å². The fourth-order valence-corrected chi connectivity index (χ4v) is 3.81. The number of rotatable bonds is 7. The number of carbonyl (C=O) groups is 1. The van der Waals surface area contributed by atoms with Crippen LogP contribution < -0.4 is 20.5 Å². The van der Waals surface area contributed by atoms with Crippen LogP contribution in [-0.2, 0) is 0 Å². The molecule has 2 aromatic heterocycles. The smallest absolute Gasteiger partial charge is 0.316 e. The average molecular weight is 424 g/mol. The molecule has 0 fully saturated rings. The van der Waals surface area contributed by atoms with E-state index in [2.05, 4.69) is 15.3 Å². The highest BCUT2D eigenvalue weighted by Gasteiger charge is 2.14. The van der Waals surface area contributed by atoms with Crippen molar-refractivity contribution in [2.24, 2.45) is 5.73 Å². The summed E-state index contributed by atoms with van der Waals surface area (Å²) in [6, 6.07) is 12.5. The molecular weight excluding hydrogens is 407 g/mol. The Kier molecular flexibility index (Phi) is 5.71. The molecule has 0 saturated heterocycles. The Labute approximate surface area is 175 Å². The molecule has 0 aliphatic carbocycles. The van der Waals surface area contributed by atoms with Gasteiger partial charge in [0.05, 0.1) is 5.39 Å². The Morgan fingerprint density at radius 3 is 2.70 bits per heavy atom. The van der Waals surface area contributed by atoms with Crippen LogP contribution in [0.15, 0.2) is 60.2 Å². The van der Waals surface area contributed by atoms with Gasteiger partial charge in [-0.1, -0.05) is 18.2 Å². The highest BCUT2D eigenvalue weighted by Crippen LogP contribution is 2.37. The molecule has 0 radical (unpaired) electrons. The third-order valence-corrected chi connectivity index (χ3v) is 5.07. The van der Waals surface area contributed by atoms with E-state index in [0.717, 1.165) is 21.3 Å². The molecule has 0 atom stereocenters. The standard InChI is InChI=1S/C21H17FN4O3S/c22-14-6-4-13(5-7-14)17-11-30-20-18(17)19(24-12-25-20)29-9-8-28-16-3-1-2-15(10-16)26-21(23)27/h1-7,10-12H,8-9H2,(H3,23,26,27). The summed E-state index contributed by atoms with van der Waals surface area (Å²) in [6.07, 6.45) is 1.45. The Morgan fingerprint density at radius 1 is 1.10 bits per heavy atom. The maximum absolute atomic E-state index is 13.3. The minimum atomic E-state index is -0.643. The van der Waals surface area contributed by atoms with E-state index in [9.17, 15) is 9.18 Å². The van der Waals surface area contributed by atoms with Gasteiger partial charge in [0.25, 0.3) is 0 Å². The Hall–Kier alpha value is -3.72. The molecule has 0 aliphatic heterocycles. The van der Waals surface area contributed by atoms with Crippen LogP contribution in [0.4, 0.5) is 14.9 Å². The largest absolute Gasteiger partial charge is 0.490 e. The van der Waals surface area contributed by atoms with Crippen LogP contribution >= 0.6 is 11.3 Å². The fraction of sp³-hybridized carbons (Fsp3) is 0.0952. The molecule has 0 bridgehead atoms. The van der Waals surface area contributed by atoms with Crippen LogP contribution in [0.2, 0.25) is 0 Å². The van der Waals surface area contributed by atoms with Crippen molar-refractivity contribution in [3.05, 3.63) is 66.1 Å². The molecule has 7 nitrogen and oxygen atoms in total. The van der Waals surface area contributed by atoms with Crippen LogP contribution in [0.3, 0.4) is 0 Å². The van der Waals surface area contributed by atoms with Crippen molar-refractivity contribution in [2.75, 3.05) is 18.5 Å². The lowest BCUT2D eigenvalue weighted by atomic mass is 10.1. The van der Waals surface area contributed by atoms with E-state index in [1.165, 1.54) is 29.8 Å². The van der Waals surface area contributed by atoms with Crippen molar-refractivity contribution < 1.29 is 18.7 Å². The number of halogens is 1. The molecule has 0 saturated carbocycles. The second-order valence-corrected chi connectivity index (χ2v) is 7.09. The van der Waals surface area contributed by atoms with Crippen molar-refractivity contribution in [2.45, 2.75) is 0 Å². The molecule has 30 heavy (non-hydrogen) atoms. The molecule has 9 heteroatoms. The van der Waals surface area contributed by atoms with Crippen LogP contribution in [0, 0.1) is 5.82 Å². The normalized spacial score (nSPS) is 10.7. The Morgan fingerprint density at radius 2 is 1.90 bits per heavy atom. The van der Waals surface area contributed by atoms with Gasteiger partial charge in [-0.2, -0.15) is 0 Å². The number of anilines is 1. The van der Waals surface area contributed by atoms with E-state index in [0.29, 0.717) is 17.3 Å². The summed E-state index contributed by atoms with van der Waals surface area (Å²) in [5.41, 5.74) is 7.40. The third kappa shape index (κ3) is 4.47. The van der Waals surface area contributed by atoms with Crippen LogP contribution in [0.25, 0.3) is 21.3 Å². The maximum Gasteiger partial charge on any atom is 0.316 e. The van der Waals surface area contributed by atoms with Gasteiger partial charge in [-0.05, 0) is 29.8 Å². The number of aromatic nitrogens is 2. The SMILES string of the molecule is NC(=O)Nc1cccc(OCCOc2ncnc3scc(-c4ccc(F)cc4)c23)c1. The van der Waals surface area contributed by atoms with E-state index >= 15 is 0 Å². The quantitative estimate of drug-likeness (QED) is 0.427. The van der Waals surface area contributed by atoms with Gasteiger partial charge in [0.15, 0.2) is 0 Å². The molecule has 2 amide bonds. The summed E-state index contributed by atoms with van der Waals surface area (Å²) in [4.78, 5) is 20.3. The second kappa shape index (κ2) is 8.75. The molecule has 3 N–H and O–H groups in total. The lowest BCUT2D eigenvalue weighted by molar-refractivity contribution is 0.214. The zero-order valence-electron chi connectivity index (χ0n) is 15.7. The molecule has 4 rings (SSSR count). The summed E-state index contributed by atoms with van der Waals surface area (Å²) in [5, 5.41) is 5.22. The topological polar surface area (TPSA) is 99.4 Å². The number of ether oxygens (including phenoxy) is 2. The fourth-order valence-electron chi connectivity index (χ4n) is 2.90. The molecule has 2 heterocycles. The molecule has 0 spiro atoms. The number of amides is 2. The molecular formula is C21H17FN4O3S. The van der Waals surface area contributed by atoms with Crippen molar-refractivity contribution in [3.8, 4) is 22.8 Å². The van der Waals surface area contributed by atoms with Gasteiger partial charge in [0.1, 0.15) is 35.9 Å². The number of carbonyl (C=O) groups excluding carboxylic acids is 1. The number of thiophene rings is 1. The van der Waals surface area contributed by atoms with Crippen LogP contribution in [0.5, 0.6) is 11.6 Å². The maximum atomic E-state index is 13.3. The zero-order valence-corrected chi connectivity index (χ0v) is 16.5. The van der Waals surface area contributed by atoms with Crippen molar-refractivity contribution in [1.82, 2.24) is 9.97 Å². The molecule has 0 unspecified atom stereocenters. The predicted molar refractivity (Wildman–Crippen MR) is 113 cm³/mol. The minimum absolute atomic E-state index is 0.248. The summed E-state index contributed by atoms with van der Waals surface area (Å²) >= 11 is 1.47. The lowest BCUT2D eigenvalue weighted by Crippen LogP contribution is -2.19. The van der Waals surface area contributed by atoms with Gasteiger partial charge in [0.2, 0.25) is 5.88 Å². The number of urea groups is 1. The number of nitrogens with two attached hydrogens (primary N) is 1. The van der Waals surface area contributed by atoms with E-state index in [1.807, 2.05) is 5.38 Å². The predicted octanol–water partition coefficient (Wildman–Crippen LogP) is 4.45. The van der Waals surface area contributed by atoms with Crippen molar-refractivity contribution in [1.29, 1.82) is 0 Å². The van der Waals surface area contributed by atoms with Gasteiger partial charge in [0, 0.05) is 22.7 Å². The van der Waals surface area contributed by atoms with Gasteiger partial charge in [-0.15, -0.1) is 11.3 Å². The first-order valence-electron chi connectivity index (χ1n) is 9.00. The number of hydrogen-bond acceptors (Lipinski definition) is 6. The Bertz CT molecular complexity index is 1180. The summed E-state index contributed by atoms with van der Waals surface area (Å²) in [5.74, 6) is 0.715. The minimum Gasteiger partial charge on any atom is -0.490 e. The van der Waals surface area contributed by atoms with Crippen molar-refractivity contribution >= 4 is 33.3 Å². The molecule has 2 aromatic carbocycles. The summed E-state index contributed by atoms with van der Waals surface area (Å²) in [6.45, 7) is 0.514. The first kappa shape index (κ1) is 19.6. The number of nitrogens with one attached hydrogen (secondary N) is 1. The van der Waals surface area contributed by atoms with Crippen molar-refractivity contribution in [3.63, 3.8) is 0 Å². The molecule has 152 valence electrons. The van der Waals surface area contributed by atoms with E-state index < -0.39 is 6.03 Å². The monoisotopic (exact) mass is 424 g/mol. The number of nitrogens with zero attached hydrogens (tertiary/aromatic N) is 2. The average Bonchev–Trinajstić information content (AvgIpc) is 3.16. The number of benzene rings is 2. The second-order valence-electron chi connectivity index (χ2n) is 6.23. The highest BCUT2D eigenvalue weighted by molar-refractivity contribution is 7.17. The first-order chi connectivity index (χ1) is 14.6. The number of hydrogen-bond donors (Lipinski definition) is 2. The van der Waals surface area contributed by atoms with E-state index in [1.54, 1.807) is 36.4 Å². The van der Waals surface area contributed by atoms with Gasteiger partial charge in [-0.25, -0.2) is 19.2 Å². The highest BCUT2D eigenvalue weighted by atomic mass is 32.1. The molecule has 0 aliphatic rings. The zero-order chi connectivity index (χ0) is 20.9. The van der Waals surface area contributed by atoms with Crippen LogP contribution in [-0.4, -0.2) is 29.2 Å². The van der Waals surface area contributed by atoms with Gasteiger partial charge < -0.3 is 20.5 Å². The van der Waals surface area contributed by atoms with Gasteiger partial charge >= 0.3 is 6.03 Å². The molecule has 4 aromatic rings. The number of primary amides is 1.